The van der Waals surface area contributed by atoms with E-state index in [1.807, 2.05) is 4.90 Å². The van der Waals surface area contributed by atoms with Gasteiger partial charge in [-0.25, -0.2) is 4.98 Å². The minimum absolute atomic E-state index is 0. The Kier molecular flexibility index (Phi) is 29.5. The van der Waals surface area contributed by atoms with Crippen LogP contribution < -0.4 is 48.5 Å². The molecular formula is C61H68Cl2F12N10O6. The Bertz CT molecular complexity index is 3260. The third-order valence-electron chi connectivity index (χ3n) is 14.3. The minimum Gasteiger partial charge on any atom is -1.00 e. The molecule has 0 bridgehead atoms. The van der Waals surface area contributed by atoms with E-state index in [9.17, 15) is 82.5 Å². The lowest BCUT2D eigenvalue weighted by Gasteiger charge is -2.31. The molecule has 91 heavy (non-hydrogen) atoms. The largest absolute Gasteiger partial charge is 1.00 e. The van der Waals surface area contributed by atoms with Crippen molar-refractivity contribution in [1.29, 1.82) is 0 Å². The Morgan fingerprint density at radius 1 is 0.527 bits per heavy atom. The van der Waals surface area contributed by atoms with Crippen LogP contribution in [0.3, 0.4) is 0 Å². The quantitative estimate of drug-likeness (QED) is 0.0428. The van der Waals surface area contributed by atoms with Crippen molar-refractivity contribution >= 4 is 62.6 Å². The van der Waals surface area contributed by atoms with E-state index >= 15 is 0 Å². The van der Waals surface area contributed by atoms with Crippen molar-refractivity contribution in [2.75, 3.05) is 78.1 Å². The first kappa shape index (κ1) is 75.5. The summed E-state index contributed by atoms with van der Waals surface area (Å²) in [5.74, 6) is -0.458. The molecule has 6 heterocycles. The normalized spacial score (nSPS) is 15.0. The summed E-state index contributed by atoms with van der Waals surface area (Å²) in [5.41, 5.74) is 4.33. The van der Waals surface area contributed by atoms with Crippen LogP contribution in [0.25, 0.3) is 0 Å². The summed E-state index contributed by atoms with van der Waals surface area (Å²) in [7, 11) is 0. The van der Waals surface area contributed by atoms with Gasteiger partial charge in [-0.3, -0.25) is 34.8 Å². The fourth-order valence-corrected chi connectivity index (χ4v) is 9.75. The molecule has 6 aromatic rings. The number of nitro groups is 2. The number of nitro benzene ring substituents is 2. The predicted octanol–water partition coefficient (Wildman–Crippen LogP) is 12.8. The number of carbonyl (C=O) groups excluding carboxylic acids is 2. The van der Waals surface area contributed by atoms with Gasteiger partial charge in [-0.05, 0) is 169 Å². The summed E-state index contributed by atoms with van der Waals surface area (Å²) in [4.78, 5) is 54.9. The van der Waals surface area contributed by atoms with Gasteiger partial charge in [0.1, 0.15) is 5.69 Å². The number of alkyl halides is 12. The second-order valence-electron chi connectivity index (χ2n) is 20.9. The summed E-state index contributed by atoms with van der Waals surface area (Å²) < 4.78 is 151. The van der Waals surface area contributed by atoms with Crippen molar-refractivity contribution in [3.05, 3.63) is 181 Å². The van der Waals surface area contributed by atoms with E-state index in [-0.39, 0.29) is 35.0 Å². The first-order valence-electron chi connectivity index (χ1n) is 28.6. The number of aromatic amines is 1. The monoisotopic (exact) mass is 1330 g/mol. The van der Waals surface area contributed by atoms with Crippen LogP contribution in [0, 0.1) is 27.2 Å². The standard InChI is InChI=1S/C18H18F3N3O.C12H13F3N2O2.C12H15F3N2.C8H6F3NO2.C6H4ClNO.C5H11N.ClH/c19-18(20,21)14-4-5-16(24-10-2-1-3-11-24)15(12-14)23-17(25)13-6-8-22-9-7-13;13-12(14,15)9-4-5-10(11(8-9)17(18)19)16-6-2-1-3-7-16;13-12(14,15)9-4-5-11(10(16)8-9)17-6-2-1-3-7-17;1-5-2-3-6(8(9,10)11)4-7(5)12(13)14;7-6(9)5-1-3-8-4-2-5;1-2-4-6-5-3-1;/h4-9,12H,1-3,10-11H2,(H,23,25);4-5,8H,1-3,6-7H2;4-5,8H,1-3,6-7,16H2;2-4H,1H3;1-4H;6H,1-5H2;1H. The number of halogens is 14. The number of nitrogens with zero attached hydrogens (tertiary/aromatic N) is 6. The SMILES string of the molecule is C1CCNCC1.Cc1ccc(C(F)(F)F)cc1[N+](=O)[O-].Nc1cc(C(F)(F)F)ccc1N1CCCCC1.O=C(Cl)c1cc[nH+]cc1.O=C(Nc1cc(C(F)(F)F)ccc1N1CCCCC1)c1ccncc1.O=[N+]([O-])c1cc(C(F)(F)F)ccc1N1CCCCC1.[Cl-]. The number of H-pyrrole nitrogens is 1. The predicted molar refractivity (Wildman–Crippen MR) is 319 cm³/mol. The number of aryl methyl sites for hydroxylation is 1. The number of hydrogen-bond donors (Lipinski definition) is 3. The highest BCUT2D eigenvalue weighted by Gasteiger charge is 2.36. The van der Waals surface area contributed by atoms with E-state index in [4.69, 9.17) is 17.3 Å². The third kappa shape index (κ3) is 24.6. The summed E-state index contributed by atoms with van der Waals surface area (Å²) in [5, 5.41) is 26.8. The number of piperidine rings is 4. The molecule has 4 saturated heterocycles. The fraction of sp³-hybridized carbons (Fsp3) is 0.410. The Morgan fingerprint density at radius 3 is 1.31 bits per heavy atom. The van der Waals surface area contributed by atoms with E-state index in [1.165, 1.54) is 88.4 Å². The van der Waals surface area contributed by atoms with Crippen LogP contribution in [0.15, 0.2) is 122 Å². The van der Waals surface area contributed by atoms with E-state index in [1.54, 1.807) is 29.4 Å². The van der Waals surface area contributed by atoms with Crippen molar-refractivity contribution in [1.82, 2.24) is 10.3 Å². The number of anilines is 5. The molecule has 496 valence electrons. The van der Waals surface area contributed by atoms with E-state index < -0.39 is 79.3 Å². The number of carbonyl (C=O) groups is 2. The zero-order valence-corrected chi connectivity index (χ0v) is 50.7. The molecule has 2 aromatic heterocycles. The number of nitrogens with two attached hydrogens (primary N) is 1. The van der Waals surface area contributed by atoms with Crippen molar-refractivity contribution < 1.29 is 89.5 Å². The van der Waals surface area contributed by atoms with Gasteiger partial charge >= 0.3 is 24.7 Å². The minimum atomic E-state index is -4.56. The maximum Gasteiger partial charge on any atom is 0.416 e. The third-order valence-corrected chi connectivity index (χ3v) is 14.6. The molecule has 5 N–H and O–H groups in total. The van der Waals surface area contributed by atoms with E-state index in [0.717, 1.165) is 126 Å². The van der Waals surface area contributed by atoms with Gasteiger partial charge in [0.05, 0.1) is 54.8 Å². The molecule has 0 aliphatic carbocycles. The molecule has 4 aliphatic rings. The second kappa shape index (κ2) is 35.6. The second-order valence-corrected chi connectivity index (χ2v) is 21.3. The zero-order chi connectivity index (χ0) is 66.2. The van der Waals surface area contributed by atoms with Crippen molar-refractivity contribution in [2.45, 2.75) is 109 Å². The molecule has 30 heteroatoms. The van der Waals surface area contributed by atoms with Crippen LogP contribution in [0.4, 0.5) is 92.5 Å². The van der Waals surface area contributed by atoms with Crippen LogP contribution in [-0.2, 0) is 24.7 Å². The summed E-state index contributed by atoms with van der Waals surface area (Å²) in [6, 6.07) is 18.5. The topological polar surface area (TPSA) is 207 Å². The lowest BCUT2D eigenvalue weighted by Crippen LogP contribution is -3.00. The van der Waals surface area contributed by atoms with Crippen LogP contribution >= 0.6 is 11.6 Å². The van der Waals surface area contributed by atoms with Gasteiger partial charge in [0.25, 0.3) is 22.5 Å². The van der Waals surface area contributed by atoms with Gasteiger partial charge in [-0.2, -0.15) is 52.7 Å². The van der Waals surface area contributed by atoms with Gasteiger partial charge < -0.3 is 43.5 Å². The molecule has 0 unspecified atom stereocenters. The summed E-state index contributed by atoms with van der Waals surface area (Å²) in [6.45, 7) is 8.45. The molecule has 0 saturated carbocycles. The van der Waals surface area contributed by atoms with Crippen molar-refractivity contribution in [2.24, 2.45) is 0 Å². The maximum atomic E-state index is 13.1. The van der Waals surface area contributed by atoms with E-state index in [2.05, 4.69) is 25.5 Å². The Balaban J connectivity index is 0.000000243. The summed E-state index contributed by atoms with van der Waals surface area (Å²) in [6.07, 6.45) is 1.79. The first-order valence-corrected chi connectivity index (χ1v) is 29.0. The average molecular weight is 1340 g/mol. The average Bonchev–Trinajstić information content (AvgIpc) is 1.42. The number of aromatic nitrogens is 2. The van der Waals surface area contributed by atoms with Crippen LogP contribution in [0.2, 0.25) is 0 Å². The highest BCUT2D eigenvalue weighted by molar-refractivity contribution is 6.67. The smallest absolute Gasteiger partial charge is 0.416 e. The molecule has 0 spiro atoms. The summed E-state index contributed by atoms with van der Waals surface area (Å²) >= 11 is 5.15. The van der Waals surface area contributed by atoms with Crippen LogP contribution in [-0.4, -0.2) is 78.3 Å². The Morgan fingerprint density at radius 2 is 0.912 bits per heavy atom. The lowest BCUT2D eigenvalue weighted by molar-refractivity contribution is -0.385. The van der Waals surface area contributed by atoms with Gasteiger partial charge in [0.15, 0.2) is 12.4 Å². The molecule has 16 nitrogen and oxygen atoms in total. The van der Waals surface area contributed by atoms with Gasteiger partial charge in [-0.1, -0.05) is 12.5 Å². The number of pyridine rings is 2. The highest BCUT2D eigenvalue weighted by Crippen LogP contribution is 2.40. The number of amides is 1. The number of nitrogens with one attached hydrogen (secondary N) is 3. The molecule has 4 fully saturated rings. The molecule has 1 amide bonds. The lowest BCUT2D eigenvalue weighted by atomic mass is 10.1. The Labute approximate surface area is 528 Å². The fourth-order valence-electron chi connectivity index (χ4n) is 9.62. The van der Waals surface area contributed by atoms with Gasteiger partial charge in [0.2, 0.25) is 0 Å². The molecule has 4 aromatic carbocycles. The molecule has 0 atom stereocenters. The number of benzene rings is 4. The molecular weight excluding hydrogens is 1270 g/mol. The Hall–Kier alpha value is -7.98. The van der Waals surface area contributed by atoms with Crippen LogP contribution in [0.1, 0.15) is 126 Å². The van der Waals surface area contributed by atoms with Crippen molar-refractivity contribution in [3.8, 4) is 0 Å². The highest BCUT2D eigenvalue weighted by atomic mass is 35.5. The molecule has 4 aliphatic heterocycles. The zero-order valence-electron chi connectivity index (χ0n) is 49.2. The first-order chi connectivity index (χ1) is 42.4. The van der Waals surface area contributed by atoms with Crippen LogP contribution in [0.5, 0.6) is 0 Å². The number of hydrogen-bond acceptors (Lipinski definition) is 12. The maximum absolute atomic E-state index is 13.1. The molecule has 0 radical (unpaired) electrons. The van der Waals surface area contributed by atoms with Gasteiger partial charge in [0, 0.05) is 92.6 Å². The van der Waals surface area contributed by atoms with Crippen molar-refractivity contribution in [3.63, 3.8) is 0 Å². The van der Waals surface area contributed by atoms with E-state index in [0.29, 0.717) is 42.0 Å². The number of rotatable bonds is 8. The molecule has 10 rings (SSSR count). The van der Waals surface area contributed by atoms with Gasteiger partial charge in [-0.15, -0.1) is 0 Å². The number of nitrogen functional groups attached to an aromatic ring is 1.